The second-order valence-electron chi connectivity index (χ2n) is 21.0. The fraction of sp³-hybridized carbons (Fsp3) is 0.519. The van der Waals surface area contributed by atoms with Crippen molar-refractivity contribution in [2.24, 2.45) is 22.2 Å². The standard InChI is InChI=1S/C52H65ClN8O7S/c1-30(33-10-12-34(13-11-33)43-31(2)56-29-69-43)57-46(65)40-22-37(62)26-61(40)47(66)44(50(3,4)5)58-42(63)28-67-27-32-18-20-60(21-19-32)41-17-15-36(25-55-41)45(64)59-48-51(6,7)49(52(48,8)9)68-38-16-14-35(24-54)39(53)23-38/h10-17,23,25,29-30,32,37,40,44,48-49,62H,18-22,26-28H2,1-9H3,(H,57,65)(H,58,63)(H,59,64)/t30-,37+,40-,44+,48-,49-/m0/s1. The van der Waals surface area contributed by atoms with Crippen molar-refractivity contribution < 1.29 is 33.8 Å². The number of carbonyl (C=O) groups excluding carboxylic acids is 4. The summed E-state index contributed by atoms with van der Waals surface area (Å²) in [6.45, 7) is 19.2. The minimum atomic E-state index is -0.965. The molecule has 3 fully saturated rings. The molecule has 2 aromatic carbocycles. The molecule has 2 saturated heterocycles. The number of anilines is 1. The Bertz CT molecular complexity index is 2530. The first-order valence-corrected chi connectivity index (χ1v) is 24.9. The molecule has 0 spiro atoms. The lowest BCUT2D eigenvalue weighted by atomic mass is 9.49. The molecule has 0 unspecified atom stereocenters. The number of hydrogen-bond acceptors (Lipinski definition) is 12. The topological polar surface area (TPSA) is 199 Å². The van der Waals surface area contributed by atoms with Gasteiger partial charge >= 0.3 is 0 Å². The zero-order chi connectivity index (χ0) is 50.0. The van der Waals surface area contributed by atoms with Gasteiger partial charge in [0.2, 0.25) is 17.7 Å². The van der Waals surface area contributed by atoms with Gasteiger partial charge in [0.05, 0.1) is 51.0 Å². The molecular weight excluding hydrogens is 916 g/mol. The van der Waals surface area contributed by atoms with Crippen LogP contribution < -0.4 is 25.6 Å². The number of pyridine rings is 1. The number of aliphatic hydroxyl groups excluding tert-OH is 1. The number of nitrogens with zero attached hydrogens (tertiary/aromatic N) is 5. The fourth-order valence-electron chi connectivity index (χ4n) is 10.4. The molecule has 368 valence electrons. The number of β-amino-alcohol motifs (C(OH)–C–C–N with tert-alkyl or cyclic N) is 1. The van der Waals surface area contributed by atoms with Crippen molar-refractivity contribution in [2.45, 2.75) is 118 Å². The number of aromatic nitrogens is 2. The lowest BCUT2D eigenvalue weighted by Gasteiger charge is -2.63. The van der Waals surface area contributed by atoms with Crippen molar-refractivity contribution in [3.8, 4) is 22.3 Å². The summed E-state index contributed by atoms with van der Waals surface area (Å²) in [6.07, 6.45) is 2.22. The minimum Gasteiger partial charge on any atom is -0.489 e. The van der Waals surface area contributed by atoms with E-state index in [4.69, 9.17) is 21.1 Å². The van der Waals surface area contributed by atoms with Crippen LogP contribution in [0.2, 0.25) is 5.02 Å². The SMILES string of the molecule is Cc1ncsc1-c1ccc([C@H](C)NC(=O)[C@@H]2C[C@@H](O)CN2C(=O)[C@@H](NC(=O)COCC2CCN(c3ccc(C(=O)N[C@H]4C(C)(C)[C@H](Oc5ccc(C#N)c(Cl)c5)C4(C)C)cn3)CC2)C(C)(C)C)cc1. The predicted molar refractivity (Wildman–Crippen MR) is 266 cm³/mol. The molecule has 2 aliphatic heterocycles. The molecule has 4 amide bonds. The van der Waals surface area contributed by atoms with Crippen molar-refractivity contribution in [2.75, 3.05) is 37.7 Å². The van der Waals surface area contributed by atoms with Crippen molar-refractivity contribution in [3.63, 3.8) is 0 Å². The number of carbonyl (C=O) groups is 4. The molecule has 3 aliphatic rings. The maximum Gasteiger partial charge on any atom is 0.253 e. The molecule has 1 saturated carbocycles. The number of likely N-dealkylation sites (tertiary alicyclic amines) is 1. The summed E-state index contributed by atoms with van der Waals surface area (Å²) in [7, 11) is 0. The van der Waals surface area contributed by atoms with Gasteiger partial charge in [-0.1, -0.05) is 84.3 Å². The van der Waals surface area contributed by atoms with Crippen LogP contribution >= 0.6 is 22.9 Å². The Labute approximate surface area is 414 Å². The van der Waals surface area contributed by atoms with E-state index in [0.29, 0.717) is 28.5 Å². The van der Waals surface area contributed by atoms with Crippen LogP contribution in [-0.4, -0.2) is 107 Å². The van der Waals surface area contributed by atoms with Gasteiger partial charge in [0.15, 0.2) is 0 Å². The summed E-state index contributed by atoms with van der Waals surface area (Å²) in [5.74, 6) is 0.0974. The molecule has 69 heavy (non-hydrogen) atoms. The molecular formula is C52H65ClN8O7S. The largest absolute Gasteiger partial charge is 0.489 e. The van der Waals surface area contributed by atoms with Crippen LogP contribution in [0.25, 0.3) is 10.4 Å². The quantitative estimate of drug-likeness (QED) is 0.0936. The third-order valence-electron chi connectivity index (χ3n) is 14.0. The minimum absolute atomic E-state index is 0.0185. The zero-order valence-corrected chi connectivity index (χ0v) is 42.5. The Morgan fingerprint density at radius 2 is 1.70 bits per heavy atom. The maximum absolute atomic E-state index is 14.2. The van der Waals surface area contributed by atoms with Gasteiger partial charge in [-0.2, -0.15) is 5.26 Å². The number of nitrogens with one attached hydrogen (secondary N) is 3. The Hall–Kier alpha value is -5.60. The van der Waals surface area contributed by atoms with E-state index in [1.807, 2.05) is 70.5 Å². The number of aliphatic hydroxyl groups is 1. The number of thiazole rings is 1. The fourth-order valence-corrected chi connectivity index (χ4v) is 11.4. The van der Waals surface area contributed by atoms with Crippen LogP contribution in [0, 0.1) is 40.4 Å². The van der Waals surface area contributed by atoms with Crippen LogP contribution in [0.5, 0.6) is 5.75 Å². The lowest BCUT2D eigenvalue weighted by Crippen LogP contribution is -2.74. The summed E-state index contributed by atoms with van der Waals surface area (Å²) >= 11 is 7.83. The van der Waals surface area contributed by atoms with Crippen LogP contribution in [0.4, 0.5) is 5.82 Å². The Morgan fingerprint density at radius 1 is 1.00 bits per heavy atom. The average molecular weight is 982 g/mol. The van der Waals surface area contributed by atoms with Gasteiger partial charge in [-0.3, -0.25) is 19.2 Å². The van der Waals surface area contributed by atoms with Crippen LogP contribution in [0.1, 0.15) is 108 Å². The van der Waals surface area contributed by atoms with E-state index in [2.05, 4.69) is 64.6 Å². The summed E-state index contributed by atoms with van der Waals surface area (Å²) < 4.78 is 12.3. The van der Waals surface area contributed by atoms with Gasteiger partial charge in [-0.25, -0.2) is 9.97 Å². The molecule has 4 N–H and O–H groups in total. The highest BCUT2D eigenvalue weighted by Crippen LogP contribution is 2.55. The molecule has 17 heteroatoms. The molecule has 0 radical (unpaired) electrons. The molecule has 7 rings (SSSR count). The molecule has 4 aromatic rings. The maximum atomic E-state index is 14.2. The van der Waals surface area contributed by atoms with Crippen molar-refractivity contribution in [1.82, 2.24) is 30.8 Å². The number of aryl methyl sites for hydroxylation is 1. The van der Waals surface area contributed by atoms with E-state index in [9.17, 15) is 29.5 Å². The van der Waals surface area contributed by atoms with Gasteiger partial charge in [0, 0.05) is 55.2 Å². The first-order chi connectivity index (χ1) is 32.6. The van der Waals surface area contributed by atoms with Crippen molar-refractivity contribution in [1.29, 1.82) is 5.26 Å². The number of amides is 4. The highest BCUT2D eigenvalue weighted by Gasteiger charge is 2.64. The van der Waals surface area contributed by atoms with E-state index in [1.165, 1.54) is 4.90 Å². The van der Waals surface area contributed by atoms with Gasteiger partial charge in [-0.05, 0) is 73.4 Å². The van der Waals surface area contributed by atoms with Crippen molar-refractivity contribution in [3.05, 3.63) is 93.7 Å². The number of ether oxygens (including phenoxy) is 2. The predicted octanol–water partition coefficient (Wildman–Crippen LogP) is 7.25. The van der Waals surface area contributed by atoms with Gasteiger partial charge in [-0.15, -0.1) is 11.3 Å². The molecule has 4 heterocycles. The number of rotatable bonds is 15. The van der Waals surface area contributed by atoms with E-state index in [-0.39, 0.29) is 55.5 Å². The Kier molecular flexibility index (Phi) is 15.4. The summed E-state index contributed by atoms with van der Waals surface area (Å²) in [4.78, 5) is 68.3. The van der Waals surface area contributed by atoms with E-state index in [1.54, 1.807) is 41.8 Å². The van der Waals surface area contributed by atoms with Crippen molar-refractivity contribution >= 4 is 52.4 Å². The van der Waals surface area contributed by atoms with Gasteiger partial charge < -0.3 is 40.3 Å². The highest BCUT2D eigenvalue weighted by atomic mass is 35.5. The molecule has 2 aromatic heterocycles. The Morgan fingerprint density at radius 3 is 2.29 bits per heavy atom. The third-order valence-corrected chi connectivity index (χ3v) is 15.3. The van der Waals surface area contributed by atoms with Crippen LogP contribution in [0.15, 0.2) is 66.3 Å². The van der Waals surface area contributed by atoms with Gasteiger partial charge in [0.25, 0.3) is 5.91 Å². The monoisotopic (exact) mass is 980 g/mol. The zero-order valence-electron chi connectivity index (χ0n) is 41.0. The molecule has 15 nitrogen and oxygen atoms in total. The molecule has 1 aliphatic carbocycles. The first kappa shape index (κ1) is 51.3. The normalized spacial score (nSPS) is 21.9. The Balaban J connectivity index is 0.850. The van der Waals surface area contributed by atoms with Crippen LogP contribution in [-0.2, 0) is 19.1 Å². The second kappa shape index (κ2) is 20.8. The van der Waals surface area contributed by atoms with E-state index in [0.717, 1.165) is 53.4 Å². The van der Waals surface area contributed by atoms with Crippen LogP contribution in [0.3, 0.4) is 0 Å². The molecule has 4 atom stereocenters. The third kappa shape index (κ3) is 11.4. The number of piperidine rings is 1. The number of nitriles is 1. The number of benzene rings is 2. The second-order valence-corrected chi connectivity index (χ2v) is 22.3. The summed E-state index contributed by atoms with van der Waals surface area (Å²) in [5, 5.41) is 29.4. The smallest absolute Gasteiger partial charge is 0.253 e. The van der Waals surface area contributed by atoms with E-state index >= 15 is 0 Å². The molecule has 0 bridgehead atoms. The first-order valence-electron chi connectivity index (χ1n) is 23.6. The highest BCUT2D eigenvalue weighted by molar-refractivity contribution is 7.13. The summed E-state index contributed by atoms with van der Waals surface area (Å²) in [5.41, 5.74) is 4.05. The lowest BCUT2D eigenvalue weighted by molar-refractivity contribution is -0.164. The number of halogens is 1. The van der Waals surface area contributed by atoms with Gasteiger partial charge in [0.1, 0.15) is 42.4 Å². The average Bonchev–Trinajstić information content (AvgIpc) is 3.93. The summed E-state index contributed by atoms with van der Waals surface area (Å²) in [6, 6.07) is 16.3. The number of hydrogen-bond donors (Lipinski definition) is 4. The van der Waals surface area contributed by atoms with E-state index < -0.39 is 46.2 Å².